The van der Waals surface area contributed by atoms with Crippen LogP contribution in [-0.2, 0) is 34.2 Å². The van der Waals surface area contributed by atoms with Gasteiger partial charge in [-0.15, -0.1) is 0 Å². The molecule has 28 heavy (non-hydrogen) atoms. The fourth-order valence-corrected chi connectivity index (χ4v) is 4.95. The van der Waals surface area contributed by atoms with Crippen LogP contribution in [0.4, 0.5) is 5.69 Å². The number of rotatable bonds is 6. The van der Waals surface area contributed by atoms with Crippen LogP contribution in [0.25, 0.3) is 0 Å². The van der Waals surface area contributed by atoms with Gasteiger partial charge in [0.05, 0.1) is 23.2 Å². The summed E-state index contributed by atoms with van der Waals surface area (Å²) in [5, 5.41) is 10.1. The van der Waals surface area contributed by atoms with E-state index < -0.39 is 16.1 Å². The number of aryl methyl sites for hydroxylation is 1. The monoisotopic (exact) mass is 403 g/mol. The van der Waals surface area contributed by atoms with Gasteiger partial charge in [0.15, 0.2) is 0 Å². The molecule has 3 heterocycles. The Morgan fingerprint density at radius 2 is 1.86 bits per heavy atom. The van der Waals surface area contributed by atoms with E-state index in [4.69, 9.17) is 0 Å². The van der Waals surface area contributed by atoms with E-state index in [9.17, 15) is 23.1 Å². The highest BCUT2D eigenvalue weighted by Crippen LogP contribution is 2.38. The summed E-state index contributed by atoms with van der Waals surface area (Å²) in [6.45, 7) is 0.373. The van der Waals surface area contributed by atoms with Gasteiger partial charge in [-0.1, -0.05) is 6.07 Å². The molecule has 2 N–H and O–H groups in total. The molecule has 0 bridgehead atoms. The molecule has 148 valence electrons. The predicted molar refractivity (Wildman–Crippen MR) is 103 cm³/mol. The molecule has 0 saturated carbocycles. The molecule has 1 aromatic carbocycles. The fraction of sp³-hybridized carbons (Fsp3) is 0.368. The van der Waals surface area contributed by atoms with Crippen molar-refractivity contribution in [3.05, 3.63) is 58.0 Å². The van der Waals surface area contributed by atoms with E-state index in [1.807, 2.05) is 0 Å². The van der Waals surface area contributed by atoms with E-state index in [0.29, 0.717) is 25.8 Å². The summed E-state index contributed by atoms with van der Waals surface area (Å²) < 4.78 is 29.2. The Bertz CT molecular complexity index is 1090. The second-order valence-corrected chi connectivity index (χ2v) is 8.85. The largest absolute Gasteiger partial charge is 0.390 e. The fourth-order valence-electron chi connectivity index (χ4n) is 3.77. The van der Waals surface area contributed by atoms with Crippen LogP contribution < -0.4 is 15.2 Å². The summed E-state index contributed by atoms with van der Waals surface area (Å²) in [6.07, 6.45) is 2.04. The van der Waals surface area contributed by atoms with Gasteiger partial charge >= 0.3 is 0 Å². The molecule has 1 unspecified atom stereocenters. The Kier molecular flexibility index (Phi) is 4.82. The number of hydrogen-bond acceptors (Lipinski definition) is 5. The maximum atomic E-state index is 12.7. The molecule has 0 radical (unpaired) electrons. The maximum absolute atomic E-state index is 12.7. The van der Waals surface area contributed by atoms with Crippen LogP contribution in [0.1, 0.15) is 17.5 Å². The number of carbonyl (C=O) groups excluding carboxylic acids is 1. The number of pyridine rings is 1. The lowest BCUT2D eigenvalue weighted by atomic mass is 10.00. The normalized spacial score (nSPS) is 16.9. The third-order valence-electron chi connectivity index (χ3n) is 5.15. The lowest BCUT2D eigenvalue weighted by Gasteiger charge is -2.25. The minimum Gasteiger partial charge on any atom is -0.390 e. The van der Waals surface area contributed by atoms with Crippen molar-refractivity contribution < 1.29 is 18.3 Å². The average Bonchev–Trinajstić information content (AvgIpc) is 3.10. The number of aromatic nitrogens is 1. The standard InChI is InChI=1S/C19H21N3O5S/c23-15(12-21-7-2-1-3-17(21)24)11-20-28(26,27)16-9-13-4-5-18(25)22-8-6-14(10-16)19(13)22/h1-3,7,9-10,15,20,23H,4-6,8,11-12H2. The molecule has 1 amide bonds. The second kappa shape index (κ2) is 7.16. The van der Waals surface area contributed by atoms with Crippen LogP contribution in [-0.4, -0.2) is 43.2 Å². The molecule has 0 fully saturated rings. The summed E-state index contributed by atoms with van der Waals surface area (Å²) in [5.74, 6) is 0.0826. The molecule has 0 saturated heterocycles. The summed E-state index contributed by atoms with van der Waals surface area (Å²) >= 11 is 0. The average molecular weight is 403 g/mol. The molecule has 2 aliphatic rings. The van der Waals surface area contributed by atoms with Gasteiger partial charge in [0.1, 0.15) is 0 Å². The number of anilines is 1. The van der Waals surface area contributed by atoms with Crippen molar-refractivity contribution in [3.8, 4) is 0 Å². The van der Waals surface area contributed by atoms with Crippen LogP contribution in [0.2, 0.25) is 0 Å². The highest BCUT2D eigenvalue weighted by Gasteiger charge is 2.32. The van der Waals surface area contributed by atoms with Crippen LogP contribution in [0.5, 0.6) is 0 Å². The second-order valence-electron chi connectivity index (χ2n) is 7.08. The lowest BCUT2D eigenvalue weighted by molar-refractivity contribution is -0.118. The van der Waals surface area contributed by atoms with E-state index in [1.165, 1.54) is 10.6 Å². The Hall–Kier alpha value is -2.49. The van der Waals surface area contributed by atoms with Crippen molar-refractivity contribution in [1.29, 1.82) is 0 Å². The molecule has 2 aliphatic heterocycles. The van der Waals surface area contributed by atoms with Crippen LogP contribution in [0, 0.1) is 0 Å². The summed E-state index contributed by atoms with van der Waals surface area (Å²) in [6, 6.07) is 7.86. The van der Waals surface area contributed by atoms with E-state index in [-0.39, 0.29) is 29.5 Å². The maximum Gasteiger partial charge on any atom is 0.250 e. The van der Waals surface area contributed by atoms with E-state index in [0.717, 1.165) is 16.8 Å². The first-order valence-corrected chi connectivity index (χ1v) is 10.6. The quantitative estimate of drug-likeness (QED) is 0.707. The molecule has 0 aliphatic carbocycles. The molecule has 2 aromatic rings. The predicted octanol–water partition coefficient (Wildman–Crippen LogP) is 0.0230. The lowest BCUT2D eigenvalue weighted by Crippen LogP contribution is -2.36. The van der Waals surface area contributed by atoms with E-state index in [1.54, 1.807) is 35.4 Å². The van der Waals surface area contributed by atoms with Gasteiger partial charge < -0.3 is 14.6 Å². The van der Waals surface area contributed by atoms with Crippen molar-refractivity contribution in [3.63, 3.8) is 0 Å². The van der Waals surface area contributed by atoms with Crippen molar-refractivity contribution in [1.82, 2.24) is 9.29 Å². The van der Waals surface area contributed by atoms with Crippen LogP contribution in [0.15, 0.2) is 46.2 Å². The first-order valence-electron chi connectivity index (χ1n) is 9.14. The number of aliphatic hydroxyl groups excluding tert-OH is 1. The SMILES string of the molecule is O=C1CCc2cc(S(=O)(=O)NCC(O)Cn3ccccc3=O)cc3c2N1CC3. The first-order chi connectivity index (χ1) is 13.3. The minimum atomic E-state index is -3.82. The number of hydrogen-bond donors (Lipinski definition) is 2. The highest BCUT2D eigenvalue weighted by molar-refractivity contribution is 7.89. The summed E-state index contributed by atoms with van der Waals surface area (Å²) in [4.78, 5) is 25.6. The van der Waals surface area contributed by atoms with Gasteiger partial charge in [-0.05, 0) is 42.2 Å². The number of nitrogens with zero attached hydrogens (tertiary/aromatic N) is 2. The van der Waals surface area contributed by atoms with Crippen LogP contribution in [0.3, 0.4) is 0 Å². The van der Waals surface area contributed by atoms with Gasteiger partial charge in [0, 0.05) is 31.8 Å². The van der Waals surface area contributed by atoms with Gasteiger partial charge in [-0.3, -0.25) is 9.59 Å². The Labute approximate surface area is 162 Å². The number of nitrogens with one attached hydrogen (secondary N) is 1. The van der Waals surface area contributed by atoms with E-state index in [2.05, 4.69) is 4.72 Å². The third kappa shape index (κ3) is 3.48. The molecule has 1 atom stereocenters. The number of carbonyl (C=O) groups is 1. The van der Waals surface area contributed by atoms with Gasteiger partial charge in [-0.25, -0.2) is 13.1 Å². The van der Waals surface area contributed by atoms with Crippen molar-refractivity contribution in [2.75, 3.05) is 18.0 Å². The van der Waals surface area contributed by atoms with Gasteiger partial charge in [0.2, 0.25) is 15.9 Å². The van der Waals surface area contributed by atoms with Gasteiger partial charge in [0.25, 0.3) is 5.56 Å². The smallest absolute Gasteiger partial charge is 0.250 e. The Morgan fingerprint density at radius 3 is 2.61 bits per heavy atom. The third-order valence-corrected chi connectivity index (χ3v) is 6.55. The first kappa shape index (κ1) is 18.9. The van der Waals surface area contributed by atoms with Crippen molar-refractivity contribution >= 4 is 21.6 Å². The van der Waals surface area contributed by atoms with Crippen molar-refractivity contribution in [2.24, 2.45) is 0 Å². The highest BCUT2D eigenvalue weighted by atomic mass is 32.2. The zero-order valence-electron chi connectivity index (χ0n) is 15.2. The summed E-state index contributed by atoms with van der Waals surface area (Å²) in [7, 11) is -3.82. The zero-order chi connectivity index (χ0) is 19.9. The van der Waals surface area contributed by atoms with Crippen molar-refractivity contribution in [2.45, 2.75) is 36.8 Å². The minimum absolute atomic E-state index is 0.00526. The number of benzene rings is 1. The molecular weight excluding hydrogens is 382 g/mol. The number of sulfonamides is 1. The number of amides is 1. The Balaban J connectivity index is 1.49. The zero-order valence-corrected chi connectivity index (χ0v) is 16.0. The van der Waals surface area contributed by atoms with Crippen LogP contribution >= 0.6 is 0 Å². The molecule has 1 aromatic heterocycles. The summed E-state index contributed by atoms with van der Waals surface area (Å²) in [5.41, 5.74) is 2.33. The molecule has 0 spiro atoms. The van der Waals surface area contributed by atoms with Gasteiger partial charge in [-0.2, -0.15) is 0 Å². The van der Waals surface area contributed by atoms with E-state index >= 15 is 0 Å². The molecular formula is C19H21N3O5S. The molecule has 9 heteroatoms. The Morgan fingerprint density at radius 1 is 1.11 bits per heavy atom. The molecule has 4 rings (SSSR count). The molecule has 8 nitrogen and oxygen atoms in total. The number of aliphatic hydroxyl groups is 1. The topological polar surface area (TPSA) is 109 Å².